The van der Waals surface area contributed by atoms with Crippen molar-refractivity contribution in [3.05, 3.63) is 0 Å². The van der Waals surface area contributed by atoms with Gasteiger partial charge in [-0.3, -0.25) is 4.79 Å². The highest BCUT2D eigenvalue weighted by atomic mass is 16.8. The Morgan fingerprint density at radius 1 is 0.900 bits per heavy atom. The van der Waals surface area contributed by atoms with Gasteiger partial charge in [-0.05, 0) is 55.3 Å². The smallest absolute Gasteiger partial charge is 0.179 e. The molecule has 6 rings (SSSR count). The molecule has 2 heterocycles. The summed E-state index contributed by atoms with van der Waals surface area (Å²) >= 11 is 0. The Labute approximate surface area is 179 Å². The Balaban J connectivity index is 1.46. The largest absolute Gasteiger partial charge is 0.396 e. The monoisotopic (exact) mass is 420 g/mol. The first-order valence-electron chi connectivity index (χ1n) is 12.2. The van der Waals surface area contributed by atoms with E-state index < -0.39 is 11.2 Å². The lowest BCUT2D eigenvalue weighted by atomic mass is 9.42. The first kappa shape index (κ1) is 20.1. The fraction of sp³-hybridized carbons (Fsp3) is 0.958. The lowest BCUT2D eigenvalue weighted by Crippen LogP contribution is -2.65. The van der Waals surface area contributed by atoms with Crippen molar-refractivity contribution >= 4 is 5.78 Å². The van der Waals surface area contributed by atoms with E-state index >= 15 is 0 Å². The third kappa shape index (κ3) is 2.35. The lowest BCUT2D eigenvalue weighted by molar-refractivity contribution is -0.317. The highest BCUT2D eigenvalue weighted by Gasteiger charge is 2.74. The molecule has 0 aromatic rings. The number of hydrogen-bond donors (Lipinski definition) is 1. The summed E-state index contributed by atoms with van der Waals surface area (Å²) in [7, 11) is 0. The van der Waals surface area contributed by atoms with E-state index in [1.165, 1.54) is 19.3 Å². The Bertz CT molecular complexity index is 698. The third-order valence-electron chi connectivity index (χ3n) is 10.2. The zero-order valence-corrected chi connectivity index (χ0v) is 18.1. The molecule has 1 spiro atoms. The van der Waals surface area contributed by atoms with Crippen molar-refractivity contribution in [2.45, 2.75) is 70.4 Å². The summed E-state index contributed by atoms with van der Waals surface area (Å²) in [6, 6.07) is 0. The average molecular weight is 421 g/mol. The van der Waals surface area contributed by atoms with Gasteiger partial charge in [-0.2, -0.15) is 0 Å². The van der Waals surface area contributed by atoms with Crippen LogP contribution in [0.15, 0.2) is 0 Å². The maximum atomic E-state index is 14.0. The fourth-order valence-corrected chi connectivity index (χ4v) is 9.15. The maximum Gasteiger partial charge on any atom is 0.179 e. The summed E-state index contributed by atoms with van der Waals surface area (Å²) in [5, 5.41) is 10.3. The van der Waals surface area contributed by atoms with E-state index in [0.29, 0.717) is 44.0 Å². The van der Waals surface area contributed by atoms with E-state index in [1.54, 1.807) is 0 Å². The normalized spacial score (nSPS) is 55.5. The number of fused-ring (bicyclic) bond motifs is 4. The second-order valence-electron chi connectivity index (χ2n) is 10.9. The fourth-order valence-electron chi connectivity index (χ4n) is 9.15. The van der Waals surface area contributed by atoms with Gasteiger partial charge in [0.05, 0.1) is 38.4 Å². The lowest BCUT2D eigenvalue weighted by Gasteiger charge is -2.62. The van der Waals surface area contributed by atoms with Crippen LogP contribution in [0, 0.1) is 40.4 Å². The SMILES string of the molecule is C[C@]12CCCCC1[C@@H](CO)C(=O)[C@@H]1[C@@H]2CC[C@]23C4OCCOC2(CC[C@@H]13)OCCO4. The maximum absolute atomic E-state index is 14.0. The number of carbonyl (C=O) groups excluding carboxylic acids is 1. The number of Topliss-reactive ketones (excluding diaryl/α,β-unsaturated/α-hetero) is 1. The minimum absolute atomic E-state index is 0.0173. The van der Waals surface area contributed by atoms with Crippen LogP contribution in [-0.2, 0) is 23.7 Å². The molecule has 168 valence electrons. The summed E-state index contributed by atoms with van der Waals surface area (Å²) in [6.07, 6.45) is 7.96. The van der Waals surface area contributed by atoms with Crippen LogP contribution >= 0.6 is 0 Å². The molecule has 6 aliphatic rings. The van der Waals surface area contributed by atoms with Gasteiger partial charge < -0.3 is 24.1 Å². The van der Waals surface area contributed by atoms with Crippen LogP contribution in [0.4, 0.5) is 0 Å². The first-order chi connectivity index (χ1) is 14.6. The molecule has 1 N–H and O–H groups in total. The van der Waals surface area contributed by atoms with Gasteiger partial charge in [0.25, 0.3) is 0 Å². The summed E-state index contributed by atoms with van der Waals surface area (Å²) < 4.78 is 25.3. The highest BCUT2D eigenvalue weighted by molar-refractivity contribution is 5.86. The predicted molar refractivity (Wildman–Crippen MR) is 107 cm³/mol. The molecule has 4 aliphatic carbocycles. The highest BCUT2D eigenvalue weighted by Crippen LogP contribution is 2.71. The number of hydrogen-bond acceptors (Lipinski definition) is 6. The Morgan fingerprint density at radius 3 is 2.37 bits per heavy atom. The number of rotatable bonds is 1. The minimum atomic E-state index is -0.695. The van der Waals surface area contributed by atoms with Gasteiger partial charge >= 0.3 is 0 Å². The Kier molecular flexibility index (Phi) is 4.68. The molecular weight excluding hydrogens is 384 g/mol. The minimum Gasteiger partial charge on any atom is -0.396 e. The van der Waals surface area contributed by atoms with Gasteiger partial charge in [0.1, 0.15) is 5.78 Å². The molecule has 2 bridgehead atoms. The van der Waals surface area contributed by atoms with Crippen molar-refractivity contribution in [2.75, 3.05) is 33.0 Å². The topological polar surface area (TPSA) is 74.2 Å². The molecule has 0 amide bonds. The summed E-state index contributed by atoms with van der Waals surface area (Å²) in [4.78, 5) is 14.0. The van der Waals surface area contributed by atoms with Crippen molar-refractivity contribution in [3.63, 3.8) is 0 Å². The van der Waals surface area contributed by atoms with Crippen molar-refractivity contribution in [3.8, 4) is 0 Å². The van der Waals surface area contributed by atoms with E-state index in [4.69, 9.17) is 18.9 Å². The molecule has 0 radical (unpaired) electrons. The van der Waals surface area contributed by atoms with Gasteiger partial charge in [-0.25, -0.2) is 0 Å². The molecule has 30 heavy (non-hydrogen) atoms. The third-order valence-corrected chi connectivity index (χ3v) is 10.2. The van der Waals surface area contributed by atoms with E-state index in [2.05, 4.69) is 6.92 Å². The molecule has 1 unspecified atom stereocenters. The van der Waals surface area contributed by atoms with Gasteiger partial charge in [0, 0.05) is 18.3 Å². The van der Waals surface area contributed by atoms with Gasteiger partial charge in [0.15, 0.2) is 12.1 Å². The Morgan fingerprint density at radius 2 is 1.63 bits per heavy atom. The van der Waals surface area contributed by atoms with E-state index in [0.717, 1.165) is 32.1 Å². The first-order valence-corrected chi connectivity index (χ1v) is 12.2. The van der Waals surface area contributed by atoms with Crippen molar-refractivity contribution in [1.29, 1.82) is 0 Å². The quantitative estimate of drug-likeness (QED) is 0.703. The number of ether oxygens (including phenoxy) is 4. The zero-order valence-electron chi connectivity index (χ0n) is 18.1. The predicted octanol–water partition coefficient (Wildman–Crippen LogP) is 2.91. The molecule has 6 fully saturated rings. The molecule has 0 aromatic carbocycles. The van der Waals surface area contributed by atoms with Crippen LogP contribution in [0.5, 0.6) is 0 Å². The molecule has 6 heteroatoms. The van der Waals surface area contributed by atoms with Crippen LogP contribution in [0.2, 0.25) is 0 Å². The molecule has 6 nitrogen and oxygen atoms in total. The van der Waals surface area contributed by atoms with Gasteiger partial charge in [-0.1, -0.05) is 19.8 Å². The number of aliphatic hydroxyl groups is 1. The van der Waals surface area contributed by atoms with E-state index in [9.17, 15) is 9.90 Å². The van der Waals surface area contributed by atoms with Crippen molar-refractivity contribution in [1.82, 2.24) is 0 Å². The second-order valence-corrected chi connectivity index (χ2v) is 10.9. The summed E-state index contributed by atoms with van der Waals surface area (Å²) in [5.74, 6) is 0.183. The van der Waals surface area contributed by atoms with Crippen LogP contribution in [0.1, 0.15) is 58.3 Å². The number of aliphatic hydroxyl groups excluding tert-OH is 1. The standard InChI is InChI=1S/C24H36O6/c1-22-7-3-2-4-16(22)15(14-25)20(26)19-17(22)5-8-23-18(19)6-9-24(23)29-12-10-27-21(23)28-11-13-30-24/h15-19,21,25H,2-14H2,1H3/t15-,16?,17+,18+,19-,21?,22+,23+,24?/m1/s1. The molecule has 2 aliphatic heterocycles. The van der Waals surface area contributed by atoms with E-state index in [-0.39, 0.29) is 36.1 Å². The van der Waals surface area contributed by atoms with Gasteiger partial charge in [0.2, 0.25) is 0 Å². The number of carbonyl (C=O) groups is 1. The molecular formula is C24H36O6. The molecule has 0 aromatic heterocycles. The van der Waals surface area contributed by atoms with Crippen molar-refractivity contribution < 1.29 is 28.8 Å². The van der Waals surface area contributed by atoms with E-state index in [1.807, 2.05) is 0 Å². The van der Waals surface area contributed by atoms with Crippen molar-refractivity contribution in [2.24, 2.45) is 40.4 Å². The van der Waals surface area contributed by atoms with Crippen LogP contribution in [0.25, 0.3) is 0 Å². The molecule has 4 saturated carbocycles. The van der Waals surface area contributed by atoms with Crippen LogP contribution in [-0.4, -0.2) is 56.0 Å². The average Bonchev–Trinajstić information content (AvgIpc) is 2.92. The number of ketones is 1. The summed E-state index contributed by atoms with van der Waals surface area (Å²) in [5.41, 5.74) is -0.282. The van der Waals surface area contributed by atoms with Crippen LogP contribution in [0.3, 0.4) is 0 Å². The Hall–Kier alpha value is -0.530. The molecule has 2 saturated heterocycles. The second kappa shape index (κ2) is 6.98. The molecule has 7 atom stereocenters. The van der Waals surface area contributed by atoms with Crippen LogP contribution < -0.4 is 0 Å². The zero-order chi connectivity index (χ0) is 20.6. The summed E-state index contributed by atoms with van der Waals surface area (Å²) in [6.45, 7) is 4.44. The van der Waals surface area contributed by atoms with Gasteiger partial charge in [-0.15, -0.1) is 0 Å².